The van der Waals surface area contributed by atoms with E-state index in [9.17, 15) is 19.8 Å². The molecule has 0 radical (unpaired) electrons. The largest absolute Gasteiger partial charge is 0.462 e. The van der Waals surface area contributed by atoms with Crippen LogP contribution < -0.4 is 0 Å². The highest BCUT2D eigenvalue weighted by Crippen LogP contribution is 2.28. The van der Waals surface area contributed by atoms with Gasteiger partial charge in [0.25, 0.3) is 0 Å². The molecule has 1 heterocycles. The third-order valence-corrected chi connectivity index (χ3v) is 5.90. The molecule has 1 rings (SSSR count). The highest BCUT2D eigenvalue weighted by molar-refractivity contribution is 5.91. The first-order chi connectivity index (χ1) is 14.1. The lowest BCUT2D eigenvalue weighted by atomic mass is 9.80. The van der Waals surface area contributed by atoms with Gasteiger partial charge in [-0.25, -0.2) is 0 Å². The van der Waals surface area contributed by atoms with Gasteiger partial charge in [0.15, 0.2) is 5.78 Å². The highest BCUT2D eigenvalue weighted by atomic mass is 16.5. The Morgan fingerprint density at radius 3 is 2.50 bits per heavy atom. The number of hydrogen-bond acceptors (Lipinski definition) is 6. The van der Waals surface area contributed by atoms with Crippen LogP contribution >= 0.6 is 0 Å². The fourth-order valence-electron chi connectivity index (χ4n) is 3.73. The summed E-state index contributed by atoms with van der Waals surface area (Å²) in [4.78, 5) is 27.7. The van der Waals surface area contributed by atoms with Crippen LogP contribution in [-0.4, -0.2) is 46.8 Å². The van der Waals surface area contributed by atoms with Crippen molar-refractivity contribution >= 4 is 11.8 Å². The molecule has 0 saturated heterocycles. The molecule has 0 spiro atoms. The molecule has 0 unspecified atom stereocenters. The van der Waals surface area contributed by atoms with E-state index in [4.69, 9.17) is 10.3 Å². The Morgan fingerprint density at radius 1 is 1.23 bits per heavy atom. The summed E-state index contributed by atoms with van der Waals surface area (Å²) in [5.41, 5.74) is 9.45. The topological polar surface area (TPSA) is 133 Å². The summed E-state index contributed by atoms with van der Waals surface area (Å²) in [6.45, 7) is 9.07. The number of rotatable bonds is 3. The average molecular weight is 422 g/mol. The molecule has 8 nitrogen and oxygen atoms in total. The van der Waals surface area contributed by atoms with E-state index in [2.05, 4.69) is 10.0 Å². The van der Waals surface area contributed by atoms with Crippen LogP contribution in [0.1, 0.15) is 53.9 Å². The lowest BCUT2D eigenvalue weighted by Gasteiger charge is -2.31. The lowest BCUT2D eigenvalue weighted by molar-refractivity contribution is -0.154. The molecular weight excluding hydrogens is 386 g/mol. The Bertz CT molecular complexity index is 699. The number of aliphatic hydroxyl groups is 2. The van der Waals surface area contributed by atoms with E-state index in [0.29, 0.717) is 12.8 Å². The monoisotopic (exact) mass is 421 g/mol. The molecule has 1 aliphatic rings. The summed E-state index contributed by atoms with van der Waals surface area (Å²) in [5.74, 6) is -1.93. The number of ketones is 1. The molecule has 0 saturated carbocycles. The van der Waals surface area contributed by atoms with Crippen molar-refractivity contribution in [3.63, 3.8) is 0 Å². The second kappa shape index (κ2) is 12.5. The number of aliphatic hydroxyl groups excluding tert-OH is 2. The van der Waals surface area contributed by atoms with Gasteiger partial charge >= 0.3 is 5.97 Å². The van der Waals surface area contributed by atoms with Crippen LogP contribution in [0, 0.1) is 23.7 Å². The number of cyclic esters (lactones) is 1. The van der Waals surface area contributed by atoms with Crippen molar-refractivity contribution in [1.29, 1.82) is 0 Å². The van der Waals surface area contributed by atoms with Gasteiger partial charge in [0.2, 0.25) is 0 Å². The second-order valence-corrected chi connectivity index (χ2v) is 8.37. The number of hydrogen-bond donors (Lipinski definition) is 2. The molecule has 168 valence electrons. The molecular formula is C22H35N3O5. The van der Waals surface area contributed by atoms with Crippen LogP contribution in [-0.2, 0) is 14.3 Å². The third kappa shape index (κ3) is 7.94. The first kappa shape index (κ1) is 25.9. The van der Waals surface area contributed by atoms with E-state index >= 15 is 0 Å². The average Bonchev–Trinajstić information content (AvgIpc) is 2.70. The van der Waals surface area contributed by atoms with E-state index in [0.717, 1.165) is 5.57 Å². The van der Waals surface area contributed by atoms with Gasteiger partial charge in [-0.2, -0.15) is 0 Å². The van der Waals surface area contributed by atoms with E-state index in [1.165, 1.54) is 6.08 Å². The number of esters is 1. The zero-order valence-corrected chi connectivity index (χ0v) is 18.6. The Labute approximate surface area is 178 Å². The van der Waals surface area contributed by atoms with Gasteiger partial charge in [-0.15, -0.1) is 0 Å². The minimum Gasteiger partial charge on any atom is -0.462 e. The number of azide groups is 1. The molecule has 1 aliphatic heterocycles. The standard InChI is InChI=1S/C22H35N3O5/c1-6-17-10-14(3)18(26)8-7-13(2)9-15(4)20(12-24-25-23)30-21(28)11-19(27)16(5)22(17)29/h7-9,14-17,19-20,22,27,29H,6,10-12H2,1-5H3/b8-7+,13-9+/t14-,15-,16+,17+,19-,20-,22-/m1/s1. The molecule has 0 aromatic rings. The molecule has 0 amide bonds. The first-order valence-electron chi connectivity index (χ1n) is 10.6. The maximum atomic E-state index is 12.5. The fourth-order valence-corrected chi connectivity index (χ4v) is 3.73. The normalized spacial score (nSPS) is 37.4. The molecule has 0 aliphatic carbocycles. The van der Waals surface area contributed by atoms with Crippen molar-refractivity contribution in [2.24, 2.45) is 28.8 Å². The van der Waals surface area contributed by atoms with Gasteiger partial charge < -0.3 is 14.9 Å². The summed E-state index contributed by atoms with van der Waals surface area (Å²) < 4.78 is 5.48. The maximum absolute atomic E-state index is 12.5. The van der Waals surface area contributed by atoms with E-state index in [-0.39, 0.29) is 36.5 Å². The minimum absolute atomic E-state index is 0.0293. The van der Waals surface area contributed by atoms with E-state index < -0.39 is 30.2 Å². The quantitative estimate of drug-likeness (QED) is 0.310. The van der Waals surface area contributed by atoms with Crippen LogP contribution in [0.2, 0.25) is 0 Å². The molecule has 2 N–H and O–H groups in total. The van der Waals surface area contributed by atoms with Gasteiger partial charge in [-0.3, -0.25) is 9.59 Å². The smallest absolute Gasteiger partial charge is 0.308 e. The van der Waals surface area contributed by atoms with Crippen LogP contribution in [0.5, 0.6) is 0 Å². The second-order valence-electron chi connectivity index (χ2n) is 8.37. The molecule has 30 heavy (non-hydrogen) atoms. The van der Waals surface area contributed by atoms with Crippen LogP contribution in [0.4, 0.5) is 0 Å². The Kier molecular flexibility index (Phi) is 10.8. The molecule has 0 fully saturated rings. The summed E-state index contributed by atoms with van der Waals surface area (Å²) in [7, 11) is 0. The molecule has 0 aromatic carbocycles. The van der Waals surface area contributed by atoms with Gasteiger partial charge in [0, 0.05) is 22.7 Å². The number of ether oxygens (including phenoxy) is 1. The van der Waals surface area contributed by atoms with E-state index in [1.807, 2.05) is 33.8 Å². The number of carbonyl (C=O) groups excluding carboxylic acids is 2. The minimum atomic E-state index is -1.09. The van der Waals surface area contributed by atoms with Crippen LogP contribution in [0.3, 0.4) is 0 Å². The number of allylic oxidation sites excluding steroid dienone is 3. The fraction of sp³-hybridized carbons (Fsp3) is 0.727. The molecule has 0 bridgehead atoms. The molecule has 7 atom stereocenters. The van der Waals surface area contributed by atoms with Gasteiger partial charge in [0.05, 0.1) is 25.2 Å². The zero-order valence-electron chi connectivity index (χ0n) is 18.6. The van der Waals surface area contributed by atoms with Crippen molar-refractivity contribution < 1.29 is 24.5 Å². The SMILES string of the molecule is CC[C@H]1C[C@@H](C)C(=O)/C=C/C(C)=C/[C@@H](C)[C@@H](CN=[N+]=[N-])OC(=O)C[C@@H](O)[C@H](C)[C@H]1O. The maximum Gasteiger partial charge on any atom is 0.308 e. The van der Waals surface area contributed by atoms with Crippen molar-refractivity contribution in [3.05, 3.63) is 34.2 Å². The zero-order chi connectivity index (χ0) is 22.8. The molecule has 0 aromatic heterocycles. The van der Waals surface area contributed by atoms with Gasteiger partial charge in [-0.05, 0) is 30.9 Å². The summed E-state index contributed by atoms with van der Waals surface area (Å²) in [6, 6.07) is 0. The van der Waals surface area contributed by atoms with Crippen molar-refractivity contribution in [2.75, 3.05) is 6.54 Å². The van der Waals surface area contributed by atoms with E-state index in [1.54, 1.807) is 13.0 Å². The summed E-state index contributed by atoms with van der Waals surface area (Å²) in [6.07, 6.45) is 3.32. The predicted octanol–water partition coefficient (Wildman–Crippen LogP) is 3.73. The Morgan fingerprint density at radius 2 is 1.90 bits per heavy atom. The van der Waals surface area contributed by atoms with Crippen molar-refractivity contribution in [3.8, 4) is 0 Å². The first-order valence-corrected chi connectivity index (χ1v) is 10.6. The Balaban J connectivity index is 3.24. The third-order valence-electron chi connectivity index (χ3n) is 5.90. The number of carbonyl (C=O) groups is 2. The number of nitrogens with zero attached hydrogens (tertiary/aromatic N) is 3. The van der Waals surface area contributed by atoms with Crippen molar-refractivity contribution in [2.45, 2.75) is 72.2 Å². The Hall–Kier alpha value is -2.15. The summed E-state index contributed by atoms with van der Waals surface area (Å²) in [5, 5.41) is 24.8. The van der Waals surface area contributed by atoms with Crippen LogP contribution in [0.25, 0.3) is 10.4 Å². The summed E-state index contributed by atoms with van der Waals surface area (Å²) >= 11 is 0. The van der Waals surface area contributed by atoms with Crippen molar-refractivity contribution in [1.82, 2.24) is 0 Å². The molecule has 8 heteroatoms. The van der Waals surface area contributed by atoms with Gasteiger partial charge in [0.1, 0.15) is 6.10 Å². The highest BCUT2D eigenvalue weighted by Gasteiger charge is 2.32. The van der Waals surface area contributed by atoms with Crippen LogP contribution in [0.15, 0.2) is 28.9 Å². The lowest BCUT2D eigenvalue weighted by Crippen LogP contribution is -2.38. The predicted molar refractivity (Wildman–Crippen MR) is 114 cm³/mol. The van der Waals surface area contributed by atoms with Gasteiger partial charge in [-0.1, -0.05) is 57.0 Å².